The predicted molar refractivity (Wildman–Crippen MR) is 55.4 cm³/mol. The van der Waals surface area contributed by atoms with Crippen LogP contribution in [-0.2, 0) is 11.3 Å². The summed E-state index contributed by atoms with van der Waals surface area (Å²) < 4.78 is 1.35. The fraction of sp³-hybridized carbons (Fsp3) is 0.500. The van der Waals surface area contributed by atoms with Crippen molar-refractivity contribution in [1.82, 2.24) is 9.78 Å². The van der Waals surface area contributed by atoms with Crippen LogP contribution in [0.5, 0.6) is 0 Å². The Morgan fingerprint density at radius 3 is 2.81 bits per heavy atom. The third-order valence-corrected chi connectivity index (χ3v) is 2.17. The van der Waals surface area contributed by atoms with Gasteiger partial charge in [-0.05, 0) is 17.8 Å². The number of aromatic nitrogens is 2. The van der Waals surface area contributed by atoms with Gasteiger partial charge in [0.1, 0.15) is 0 Å². The smallest absolute Gasteiger partial charge is 0.408 e. The van der Waals surface area contributed by atoms with Crippen molar-refractivity contribution in [2.75, 3.05) is 0 Å². The second-order valence-corrected chi connectivity index (χ2v) is 3.58. The SMILES string of the molecule is O=C(O)CCCCn1cc(Cl)c([N+](=O)[O-])n1. The molecule has 8 heteroatoms. The van der Waals surface area contributed by atoms with Crippen LogP contribution in [0, 0.1) is 10.1 Å². The minimum absolute atomic E-state index is 0.0109. The van der Waals surface area contributed by atoms with E-state index < -0.39 is 10.9 Å². The average molecular weight is 248 g/mol. The van der Waals surface area contributed by atoms with E-state index in [2.05, 4.69) is 5.10 Å². The number of nitro groups is 1. The molecule has 1 N–H and O–H groups in total. The molecule has 0 bridgehead atoms. The zero-order valence-electron chi connectivity index (χ0n) is 8.30. The highest BCUT2D eigenvalue weighted by Crippen LogP contribution is 2.21. The van der Waals surface area contributed by atoms with Crippen LogP contribution in [0.1, 0.15) is 19.3 Å². The van der Waals surface area contributed by atoms with E-state index in [-0.39, 0.29) is 17.3 Å². The van der Waals surface area contributed by atoms with Gasteiger partial charge in [0.15, 0.2) is 5.02 Å². The van der Waals surface area contributed by atoms with Gasteiger partial charge in [-0.3, -0.25) is 4.79 Å². The topological polar surface area (TPSA) is 98.3 Å². The highest BCUT2D eigenvalue weighted by Gasteiger charge is 2.18. The van der Waals surface area contributed by atoms with Gasteiger partial charge in [-0.15, -0.1) is 0 Å². The number of hydrogen-bond donors (Lipinski definition) is 1. The third kappa shape index (κ3) is 3.50. The molecule has 0 unspecified atom stereocenters. The lowest BCUT2D eigenvalue weighted by atomic mass is 10.2. The highest BCUT2D eigenvalue weighted by atomic mass is 35.5. The van der Waals surface area contributed by atoms with Crippen LogP contribution in [0.4, 0.5) is 5.82 Å². The Bertz CT molecular complexity index is 404. The number of hydrogen-bond acceptors (Lipinski definition) is 4. The van der Waals surface area contributed by atoms with Gasteiger partial charge in [0, 0.05) is 6.42 Å². The van der Waals surface area contributed by atoms with Gasteiger partial charge < -0.3 is 15.2 Å². The number of carboxylic acids is 1. The third-order valence-electron chi connectivity index (χ3n) is 1.90. The molecule has 0 saturated carbocycles. The largest absolute Gasteiger partial charge is 0.481 e. The van der Waals surface area contributed by atoms with Crippen molar-refractivity contribution in [2.24, 2.45) is 0 Å². The number of aliphatic carboxylic acids is 1. The molecule has 0 saturated heterocycles. The van der Waals surface area contributed by atoms with E-state index in [4.69, 9.17) is 16.7 Å². The van der Waals surface area contributed by atoms with Crippen molar-refractivity contribution >= 4 is 23.4 Å². The lowest BCUT2D eigenvalue weighted by Gasteiger charge is -1.95. The number of carbonyl (C=O) groups is 1. The van der Waals surface area contributed by atoms with E-state index in [1.165, 1.54) is 10.9 Å². The lowest BCUT2D eigenvalue weighted by Crippen LogP contribution is -2.01. The average Bonchev–Trinajstić information content (AvgIpc) is 2.54. The molecule has 7 nitrogen and oxygen atoms in total. The normalized spacial score (nSPS) is 10.3. The molecule has 0 amide bonds. The maximum absolute atomic E-state index is 10.4. The van der Waals surface area contributed by atoms with Crippen LogP contribution in [0.15, 0.2) is 6.20 Å². The molecule has 0 spiro atoms. The fourth-order valence-corrected chi connectivity index (χ4v) is 1.39. The van der Waals surface area contributed by atoms with Crippen molar-refractivity contribution in [3.8, 4) is 0 Å². The number of unbranched alkanes of at least 4 members (excludes halogenated alkanes) is 1. The van der Waals surface area contributed by atoms with Crippen LogP contribution in [0.3, 0.4) is 0 Å². The Balaban J connectivity index is 2.46. The van der Waals surface area contributed by atoms with Crippen LogP contribution in [0.25, 0.3) is 0 Å². The molecule has 1 aromatic heterocycles. The molecule has 16 heavy (non-hydrogen) atoms. The summed E-state index contributed by atoms with van der Waals surface area (Å²) >= 11 is 5.58. The molecule has 0 aliphatic heterocycles. The molecule has 0 aliphatic carbocycles. The Labute approximate surface area is 95.8 Å². The van der Waals surface area contributed by atoms with E-state index in [1.54, 1.807) is 0 Å². The van der Waals surface area contributed by atoms with Crippen LogP contribution in [-0.4, -0.2) is 25.8 Å². The molecule has 0 aromatic carbocycles. The number of nitrogens with zero attached hydrogens (tertiary/aromatic N) is 3. The van der Waals surface area contributed by atoms with Gasteiger partial charge in [-0.1, -0.05) is 11.6 Å². The zero-order valence-corrected chi connectivity index (χ0v) is 9.05. The maximum Gasteiger partial charge on any atom is 0.408 e. The minimum atomic E-state index is -0.857. The van der Waals surface area contributed by atoms with Crippen molar-refractivity contribution in [3.05, 3.63) is 21.3 Å². The summed E-state index contributed by atoms with van der Waals surface area (Å²) in [4.78, 5) is 20.0. The van der Waals surface area contributed by atoms with Crippen LogP contribution >= 0.6 is 11.6 Å². The van der Waals surface area contributed by atoms with E-state index in [0.29, 0.717) is 19.4 Å². The highest BCUT2D eigenvalue weighted by molar-refractivity contribution is 6.32. The lowest BCUT2D eigenvalue weighted by molar-refractivity contribution is -0.389. The van der Waals surface area contributed by atoms with Crippen molar-refractivity contribution < 1.29 is 14.8 Å². The zero-order chi connectivity index (χ0) is 12.1. The van der Waals surface area contributed by atoms with Gasteiger partial charge in [0.2, 0.25) is 0 Å². The number of carboxylic acid groups (broad SMARTS) is 1. The van der Waals surface area contributed by atoms with E-state index in [1.807, 2.05) is 0 Å². The fourth-order valence-electron chi connectivity index (χ4n) is 1.18. The van der Waals surface area contributed by atoms with Gasteiger partial charge in [0.05, 0.1) is 17.8 Å². The van der Waals surface area contributed by atoms with Gasteiger partial charge in [-0.25, -0.2) is 0 Å². The van der Waals surface area contributed by atoms with Crippen LogP contribution in [0.2, 0.25) is 5.02 Å². The van der Waals surface area contributed by atoms with Crippen LogP contribution < -0.4 is 0 Å². The summed E-state index contributed by atoms with van der Waals surface area (Å²) in [5.41, 5.74) is 0. The summed E-state index contributed by atoms with van der Waals surface area (Å²) in [6.45, 7) is 0.418. The first-order valence-corrected chi connectivity index (χ1v) is 4.97. The van der Waals surface area contributed by atoms with Crippen molar-refractivity contribution in [1.29, 1.82) is 0 Å². The van der Waals surface area contributed by atoms with Crippen molar-refractivity contribution in [3.63, 3.8) is 0 Å². The molecule has 0 fully saturated rings. The molecule has 0 atom stereocenters. The molecule has 1 aromatic rings. The molecule has 88 valence electrons. The first kappa shape index (κ1) is 12.4. The Hall–Kier alpha value is -1.63. The second-order valence-electron chi connectivity index (χ2n) is 3.17. The van der Waals surface area contributed by atoms with E-state index in [0.717, 1.165) is 0 Å². The van der Waals surface area contributed by atoms with E-state index in [9.17, 15) is 14.9 Å². The minimum Gasteiger partial charge on any atom is -0.481 e. The molecule has 0 aliphatic rings. The summed E-state index contributed by atoms with van der Waals surface area (Å²) in [6, 6.07) is 0. The standard InChI is InChI=1S/C8H10ClN3O4/c9-6-5-11(10-8(6)12(15)16)4-2-1-3-7(13)14/h5H,1-4H2,(H,13,14). The second kappa shape index (κ2) is 5.45. The van der Waals surface area contributed by atoms with Gasteiger partial charge in [-0.2, -0.15) is 4.68 Å². The summed E-state index contributed by atoms with van der Waals surface area (Å²) in [5.74, 6) is -1.23. The predicted octanol–water partition coefficient (Wildman–Crippen LogP) is 1.70. The number of halogens is 1. The number of rotatable bonds is 6. The Morgan fingerprint density at radius 2 is 2.31 bits per heavy atom. The monoisotopic (exact) mass is 247 g/mol. The molecule has 1 rings (SSSR count). The molecule has 0 radical (unpaired) electrons. The quantitative estimate of drug-likeness (QED) is 0.469. The summed E-state index contributed by atoms with van der Waals surface area (Å²) in [7, 11) is 0. The van der Waals surface area contributed by atoms with Gasteiger partial charge in [0.25, 0.3) is 0 Å². The Kier molecular flexibility index (Phi) is 4.24. The maximum atomic E-state index is 10.4. The Morgan fingerprint density at radius 1 is 1.62 bits per heavy atom. The van der Waals surface area contributed by atoms with Gasteiger partial charge >= 0.3 is 11.8 Å². The van der Waals surface area contributed by atoms with E-state index >= 15 is 0 Å². The summed E-state index contributed by atoms with van der Waals surface area (Å²) in [5, 5.41) is 22.5. The number of aryl methyl sites for hydroxylation is 1. The molecule has 1 heterocycles. The first-order chi connectivity index (χ1) is 7.50. The molecular weight excluding hydrogens is 238 g/mol. The van der Waals surface area contributed by atoms with Crippen molar-refractivity contribution in [2.45, 2.75) is 25.8 Å². The first-order valence-electron chi connectivity index (χ1n) is 4.60. The summed E-state index contributed by atoms with van der Waals surface area (Å²) in [6.07, 6.45) is 2.53. The molecular formula is C8H10ClN3O4.